The van der Waals surface area contributed by atoms with Crippen molar-refractivity contribution < 1.29 is 9.13 Å². The van der Waals surface area contributed by atoms with E-state index < -0.39 is 0 Å². The number of aryl methyl sites for hydroxylation is 3. The molecule has 0 amide bonds. The SMILES string of the molecule is CCC1(CC)C(Cc2ccccc2-c2cc(C)c(-c3ccccc3)c[n+]2C)=C[n+]2cccc(C)c2-c2ccccc21. The van der Waals surface area contributed by atoms with Crippen LogP contribution in [-0.2, 0) is 18.9 Å². The molecule has 6 rings (SSSR count). The van der Waals surface area contributed by atoms with Crippen LogP contribution in [0.2, 0.25) is 0 Å². The van der Waals surface area contributed by atoms with Gasteiger partial charge in [-0.3, -0.25) is 0 Å². The summed E-state index contributed by atoms with van der Waals surface area (Å²) in [5.74, 6) is 0. The minimum atomic E-state index is -0.0442. The van der Waals surface area contributed by atoms with Crippen LogP contribution in [0.25, 0.3) is 39.8 Å². The summed E-state index contributed by atoms with van der Waals surface area (Å²) in [6.45, 7) is 9.18. The Morgan fingerprint density at radius 3 is 2.12 bits per heavy atom. The largest absolute Gasteiger partial charge is 0.221 e. The van der Waals surface area contributed by atoms with E-state index in [2.05, 4.69) is 160 Å². The number of benzene rings is 3. The Hall–Kier alpha value is -4.30. The highest BCUT2D eigenvalue weighted by Crippen LogP contribution is 2.46. The van der Waals surface area contributed by atoms with Gasteiger partial charge in [0.25, 0.3) is 0 Å². The van der Waals surface area contributed by atoms with E-state index in [1.807, 2.05) is 0 Å². The maximum Gasteiger partial charge on any atom is 0.221 e. The Kier molecular flexibility index (Phi) is 7.17. The Morgan fingerprint density at radius 1 is 0.683 bits per heavy atom. The van der Waals surface area contributed by atoms with Crippen LogP contribution in [0, 0.1) is 13.8 Å². The number of pyridine rings is 2. The van der Waals surface area contributed by atoms with Gasteiger partial charge >= 0.3 is 0 Å². The van der Waals surface area contributed by atoms with E-state index in [1.165, 1.54) is 61.5 Å². The quantitative estimate of drug-likeness (QED) is 0.192. The number of hydrogen-bond donors (Lipinski definition) is 0. The van der Waals surface area contributed by atoms with Crippen molar-refractivity contribution in [1.29, 1.82) is 0 Å². The zero-order valence-electron chi connectivity index (χ0n) is 25.0. The predicted octanol–water partition coefficient (Wildman–Crippen LogP) is 8.57. The molecule has 0 spiro atoms. The first-order valence-corrected chi connectivity index (χ1v) is 14.9. The molecule has 2 heteroatoms. The van der Waals surface area contributed by atoms with E-state index in [1.54, 1.807) is 0 Å². The Morgan fingerprint density at radius 2 is 1.37 bits per heavy atom. The average molecular weight is 537 g/mol. The third kappa shape index (κ3) is 4.62. The van der Waals surface area contributed by atoms with Crippen LogP contribution in [0.15, 0.2) is 115 Å². The molecule has 0 N–H and O–H groups in total. The molecule has 0 radical (unpaired) electrons. The van der Waals surface area contributed by atoms with Gasteiger partial charge in [-0.15, -0.1) is 0 Å². The van der Waals surface area contributed by atoms with Crippen molar-refractivity contribution in [3.05, 3.63) is 137 Å². The lowest BCUT2D eigenvalue weighted by molar-refractivity contribution is -0.660. The fraction of sp³-hybridized carbons (Fsp3) is 0.231. The lowest BCUT2D eigenvalue weighted by Gasteiger charge is -2.34. The zero-order chi connectivity index (χ0) is 28.6. The van der Waals surface area contributed by atoms with E-state index in [0.717, 1.165) is 19.3 Å². The van der Waals surface area contributed by atoms with E-state index in [-0.39, 0.29) is 5.41 Å². The monoisotopic (exact) mass is 536 g/mol. The van der Waals surface area contributed by atoms with Gasteiger partial charge in [-0.05, 0) is 67.1 Å². The second kappa shape index (κ2) is 10.9. The van der Waals surface area contributed by atoms with Gasteiger partial charge in [-0.2, -0.15) is 4.57 Å². The smallest absolute Gasteiger partial charge is 0.200 e. The zero-order valence-corrected chi connectivity index (χ0v) is 25.0. The highest BCUT2D eigenvalue weighted by atomic mass is 14.9. The van der Waals surface area contributed by atoms with Gasteiger partial charge in [0.1, 0.15) is 7.05 Å². The van der Waals surface area contributed by atoms with Crippen LogP contribution in [0.5, 0.6) is 0 Å². The van der Waals surface area contributed by atoms with Crippen LogP contribution < -0.4 is 9.13 Å². The van der Waals surface area contributed by atoms with Gasteiger partial charge in [-0.25, -0.2) is 4.57 Å². The fourth-order valence-electron chi connectivity index (χ4n) is 7.03. The van der Waals surface area contributed by atoms with Crippen molar-refractivity contribution >= 4 is 6.20 Å². The maximum absolute atomic E-state index is 2.44. The fourth-order valence-corrected chi connectivity index (χ4v) is 7.03. The molecule has 0 aliphatic carbocycles. The van der Waals surface area contributed by atoms with E-state index in [4.69, 9.17) is 0 Å². The van der Waals surface area contributed by atoms with Gasteiger partial charge in [0.2, 0.25) is 11.4 Å². The molecule has 41 heavy (non-hydrogen) atoms. The van der Waals surface area contributed by atoms with Crippen molar-refractivity contribution in [3.63, 3.8) is 0 Å². The van der Waals surface area contributed by atoms with Gasteiger partial charge in [0.05, 0.1) is 5.56 Å². The summed E-state index contributed by atoms with van der Waals surface area (Å²) in [6.07, 6.45) is 9.96. The molecule has 0 fully saturated rings. The molecule has 3 heterocycles. The van der Waals surface area contributed by atoms with Crippen LogP contribution in [0.3, 0.4) is 0 Å². The summed E-state index contributed by atoms with van der Waals surface area (Å²) < 4.78 is 4.67. The summed E-state index contributed by atoms with van der Waals surface area (Å²) in [7, 11) is 2.18. The highest BCUT2D eigenvalue weighted by molar-refractivity contribution is 5.72. The Bertz CT molecular complexity index is 1760. The number of aromatic nitrogens is 2. The second-order valence-electron chi connectivity index (χ2n) is 11.5. The molecule has 0 unspecified atom stereocenters. The highest BCUT2D eigenvalue weighted by Gasteiger charge is 2.40. The van der Waals surface area contributed by atoms with E-state index in [0.29, 0.717) is 0 Å². The standard InChI is InChI=1S/C39H40N2/c1-6-39(7-2)32(26-41-23-15-16-28(3)38(41)34-21-13-14-22-36(34)39)25-31-19-11-12-20-33(31)37-24-29(4)35(27-40(37)5)30-17-9-8-10-18-30/h8-24,26-27H,6-7,25H2,1-5H3/q+2. The third-order valence-corrected chi connectivity index (χ3v) is 9.28. The van der Waals surface area contributed by atoms with Gasteiger partial charge in [-0.1, -0.05) is 80.6 Å². The number of rotatable bonds is 6. The normalized spacial score (nSPS) is 13.6. The number of hydrogen-bond acceptors (Lipinski definition) is 0. The van der Waals surface area contributed by atoms with E-state index >= 15 is 0 Å². The number of allylic oxidation sites excluding steroid dienone is 1. The first kappa shape index (κ1) is 26.9. The average Bonchev–Trinajstić information content (AvgIpc) is 3.12. The summed E-state index contributed by atoms with van der Waals surface area (Å²) in [5.41, 5.74) is 14.6. The van der Waals surface area contributed by atoms with Crippen molar-refractivity contribution in [1.82, 2.24) is 0 Å². The van der Waals surface area contributed by atoms with Crippen LogP contribution >= 0.6 is 0 Å². The van der Waals surface area contributed by atoms with Gasteiger partial charge in [0, 0.05) is 46.2 Å². The number of fused-ring (bicyclic) bond motifs is 3. The molecule has 0 saturated carbocycles. The van der Waals surface area contributed by atoms with Gasteiger partial charge in [0.15, 0.2) is 18.6 Å². The van der Waals surface area contributed by atoms with Crippen LogP contribution in [0.1, 0.15) is 48.9 Å². The van der Waals surface area contributed by atoms with Crippen molar-refractivity contribution in [3.8, 4) is 33.6 Å². The van der Waals surface area contributed by atoms with Crippen molar-refractivity contribution in [2.45, 2.75) is 52.4 Å². The van der Waals surface area contributed by atoms with Crippen molar-refractivity contribution in [2.75, 3.05) is 0 Å². The van der Waals surface area contributed by atoms with Crippen LogP contribution in [-0.4, -0.2) is 0 Å². The van der Waals surface area contributed by atoms with Crippen LogP contribution in [0.4, 0.5) is 0 Å². The summed E-state index contributed by atoms with van der Waals surface area (Å²) in [4.78, 5) is 0. The lowest BCUT2D eigenvalue weighted by Crippen LogP contribution is -2.33. The molecule has 0 saturated heterocycles. The molecular formula is C39H40N2+2. The molecule has 1 aliphatic heterocycles. The topological polar surface area (TPSA) is 7.76 Å². The minimum absolute atomic E-state index is 0.0442. The second-order valence-corrected chi connectivity index (χ2v) is 11.5. The predicted molar refractivity (Wildman–Crippen MR) is 170 cm³/mol. The molecule has 1 aliphatic rings. The number of nitrogens with zero attached hydrogens (tertiary/aromatic N) is 2. The molecule has 0 bridgehead atoms. The van der Waals surface area contributed by atoms with Crippen molar-refractivity contribution in [2.24, 2.45) is 7.05 Å². The summed E-state index contributed by atoms with van der Waals surface area (Å²) in [5, 5.41) is 0. The maximum atomic E-state index is 2.44. The Labute approximate surface area is 245 Å². The van der Waals surface area contributed by atoms with Gasteiger partial charge < -0.3 is 0 Å². The van der Waals surface area contributed by atoms with E-state index in [9.17, 15) is 0 Å². The first-order chi connectivity index (χ1) is 20.0. The lowest BCUT2D eigenvalue weighted by atomic mass is 9.67. The first-order valence-electron chi connectivity index (χ1n) is 14.9. The molecule has 3 aromatic carbocycles. The third-order valence-electron chi connectivity index (χ3n) is 9.28. The summed E-state index contributed by atoms with van der Waals surface area (Å²) >= 11 is 0. The molecule has 2 nitrogen and oxygen atoms in total. The minimum Gasteiger partial charge on any atom is -0.200 e. The molecule has 0 atom stereocenters. The molecule has 2 aromatic heterocycles. The molecule has 204 valence electrons. The molecular weight excluding hydrogens is 496 g/mol. The Balaban J connectivity index is 1.51. The summed E-state index contributed by atoms with van der Waals surface area (Å²) in [6, 6.07) is 35.5. The molecule has 5 aromatic rings.